The lowest BCUT2D eigenvalue weighted by Crippen LogP contribution is -2.41. The molecule has 4 nitrogen and oxygen atoms in total. The third-order valence-corrected chi connectivity index (χ3v) is 4.69. The Bertz CT molecular complexity index is 526. The Labute approximate surface area is 130 Å². The predicted octanol–water partition coefficient (Wildman–Crippen LogP) is 2.42. The van der Waals surface area contributed by atoms with Crippen molar-refractivity contribution >= 4 is 24.2 Å². The fourth-order valence-electron chi connectivity index (χ4n) is 2.20. The van der Waals surface area contributed by atoms with Crippen molar-refractivity contribution in [3.05, 3.63) is 23.2 Å². The summed E-state index contributed by atoms with van der Waals surface area (Å²) in [7, 11) is -0.410. The summed E-state index contributed by atoms with van der Waals surface area (Å²) < 4.78 is 23.0. The second-order valence-electron chi connectivity index (χ2n) is 6.56. The quantitative estimate of drug-likeness (QED) is 0.804. The van der Waals surface area contributed by atoms with Crippen molar-refractivity contribution in [2.75, 3.05) is 13.2 Å². The van der Waals surface area contributed by atoms with E-state index in [1.165, 1.54) is 0 Å². The molecule has 0 spiro atoms. The van der Waals surface area contributed by atoms with Gasteiger partial charge >= 0.3 is 7.12 Å². The van der Waals surface area contributed by atoms with Gasteiger partial charge in [-0.05, 0) is 45.3 Å². The average Bonchev–Trinajstić information content (AvgIpc) is 2.55. The van der Waals surface area contributed by atoms with Gasteiger partial charge in [-0.3, -0.25) is 0 Å². The first-order valence-electron chi connectivity index (χ1n) is 7.18. The van der Waals surface area contributed by atoms with E-state index in [9.17, 15) is 0 Å². The highest BCUT2D eigenvalue weighted by atomic mass is 35.5. The molecule has 0 aromatic heterocycles. The highest BCUT2D eigenvalue weighted by molar-refractivity contribution is 6.62. The molecule has 2 fully saturated rings. The third-order valence-electron chi connectivity index (χ3n) is 4.38. The minimum atomic E-state index is -0.410. The van der Waals surface area contributed by atoms with Crippen molar-refractivity contribution in [1.29, 1.82) is 0 Å². The summed E-state index contributed by atoms with van der Waals surface area (Å²) in [5.41, 5.74) is 0.189. The molecule has 114 valence electrons. The smallest absolute Gasteiger partial charge is 0.484 e. The lowest BCUT2D eigenvalue weighted by molar-refractivity contribution is -0.0796. The predicted molar refractivity (Wildman–Crippen MR) is 82.4 cm³/mol. The second kappa shape index (κ2) is 5.16. The van der Waals surface area contributed by atoms with Crippen molar-refractivity contribution in [2.45, 2.75) is 45.0 Å². The maximum Gasteiger partial charge on any atom is 0.494 e. The molecule has 2 heterocycles. The average molecular weight is 311 g/mol. The maximum atomic E-state index is 6.19. The van der Waals surface area contributed by atoms with Crippen LogP contribution in [0.25, 0.3) is 0 Å². The number of hydrogen-bond donors (Lipinski definition) is 0. The highest BCUT2D eigenvalue weighted by Gasteiger charge is 2.51. The van der Waals surface area contributed by atoms with E-state index in [4.69, 9.17) is 30.4 Å². The molecule has 0 amide bonds. The van der Waals surface area contributed by atoms with Crippen molar-refractivity contribution in [3.63, 3.8) is 0 Å². The van der Waals surface area contributed by atoms with Gasteiger partial charge in [-0.15, -0.1) is 0 Å². The lowest BCUT2D eigenvalue weighted by atomic mass is 9.79. The van der Waals surface area contributed by atoms with Crippen LogP contribution < -0.4 is 10.2 Å². The molecule has 6 heteroatoms. The summed E-state index contributed by atoms with van der Waals surface area (Å²) >= 11 is 6.19. The van der Waals surface area contributed by atoms with Crippen molar-refractivity contribution < 1.29 is 18.8 Å². The van der Waals surface area contributed by atoms with Crippen LogP contribution in [0.3, 0.4) is 0 Å². The van der Waals surface area contributed by atoms with Crippen LogP contribution in [0.5, 0.6) is 5.75 Å². The van der Waals surface area contributed by atoms with Crippen molar-refractivity contribution in [3.8, 4) is 5.75 Å². The second-order valence-corrected chi connectivity index (χ2v) is 6.96. The molecule has 2 aliphatic heterocycles. The molecular formula is C15H20BClO4. The van der Waals surface area contributed by atoms with E-state index in [2.05, 4.69) is 0 Å². The van der Waals surface area contributed by atoms with Gasteiger partial charge in [-0.2, -0.15) is 0 Å². The molecule has 0 atom stereocenters. The minimum absolute atomic E-state index is 0.0797. The Hall–Kier alpha value is -0.745. The van der Waals surface area contributed by atoms with E-state index in [0.717, 1.165) is 5.46 Å². The number of hydrogen-bond acceptors (Lipinski definition) is 4. The molecule has 0 aliphatic carbocycles. The SMILES string of the molecule is CC1(C)OB(c2ccc(Cl)c(OC3COC3)c2)OC1(C)C. The first-order chi connectivity index (χ1) is 9.78. The van der Waals surface area contributed by atoms with Gasteiger partial charge in [0.05, 0.1) is 29.4 Å². The van der Waals surface area contributed by atoms with Crippen LogP contribution in [-0.2, 0) is 14.0 Å². The fraction of sp³-hybridized carbons (Fsp3) is 0.600. The molecule has 2 aliphatic rings. The van der Waals surface area contributed by atoms with Crippen LogP contribution in [0.15, 0.2) is 18.2 Å². The maximum absolute atomic E-state index is 6.19. The van der Waals surface area contributed by atoms with Crippen LogP contribution >= 0.6 is 11.6 Å². The molecule has 1 aromatic rings. The fourth-order valence-corrected chi connectivity index (χ4v) is 2.36. The van der Waals surface area contributed by atoms with Crippen LogP contribution in [0.1, 0.15) is 27.7 Å². The van der Waals surface area contributed by atoms with Gasteiger partial charge in [0.15, 0.2) is 0 Å². The van der Waals surface area contributed by atoms with E-state index in [-0.39, 0.29) is 17.3 Å². The Morgan fingerprint density at radius 2 is 1.76 bits per heavy atom. The number of ether oxygens (including phenoxy) is 2. The largest absolute Gasteiger partial charge is 0.494 e. The number of benzene rings is 1. The van der Waals surface area contributed by atoms with E-state index in [0.29, 0.717) is 24.0 Å². The standard InChI is InChI=1S/C15H20BClO4/c1-14(2)15(3,4)21-16(20-14)10-5-6-12(17)13(7-10)19-11-8-18-9-11/h5-7,11H,8-9H2,1-4H3. The van der Waals surface area contributed by atoms with Gasteiger partial charge < -0.3 is 18.8 Å². The van der Waals surface area contributed by atoms with E-state index in [1.807, 2.05) is 45.9 Å². The topological polar surface area (TPSA) is 36.9 Å². The van der Waals surface area contributed by atoms with Crippen molar-refractivity contribution in [1.82, 2.24) is 0 Å². The highest BCUT2D eigenvalue weighted by Crippen LogP contribution is 2.37. The minimum Gasteiger partial charge on any atom is -0.484 e. The van der Waals surface area contributed by atoms with Gasteiger partial charge in [-0.1, -0.05) is 17.7 Å². The van der Waals surface area contributed by atoms with E-state index < -0.39 is 7.12 Å². The van der Waals surface area contributed by atoms with Gasteiger partial charge in [0, 0.05) is 0 Å². The Balaban J connectivity index is 1.81. The number of rotatable bonds is 3. The van der Waals surface area contributed by atoms with Crippen LogP contribution in [0.2, 0.25) is 5.02 Å². The molecule has 0 unspecified atom stereocenters. The normalized spacial score (nSPS) is 24.0. The first-order valence-corrected chi connectivity index (χ1v) is 7.56. The van der Waals surface area contributed by atoms with E-state index in [1.54, 1.807) is 0 Å². The summed E-state index contributed by atoms with van der Waals surface area (Å²) in [5.74, 6) is 0.650. The molecule has 0 bridgehead atoms. The lowest BCUT2D eigenvalue weighted by Gasteiger charge is -2.32. The van der Waals surface area contributed by atoms with Gasteiger partial charge in [0.1, 0.15) is 11.9 Å². The molecule has 1 aromatic carbocycles. The zero-order valence-corrected chi connectivity index (χ0v) is 13.6. The Kier molecular flexibility index (Phi) is 3.73. The Morgan fingerprint density at radius 1 is 1.14 bits per heavy atom. The summed E-state index contributed by atoms with van der Waals surface area (Å²) in [6, 6.07) is 5.62. The van der Waals surface area contributed by atoms with Crippen molar-refractivity contribution in [2.24, 2.45) is 0 Å². The van der Waals surface area contributed by atoms with Crippen LogP contribution in [0, 0.1) is 0 Å². The first kappa shape index (κ1) is 15.2. The summed E-state index contributed by atoms with van der Waals surface area (Å²) in [5, 5.41) is 0.585. The molecular weight excluding hydrogens is 290 g/mol. The zero-order chi connectivity index (χ0) is 15.3. The van der Waals surface area contributed by atoms with E-state index >= 15 is 0 Å². The monoisotopic (exact) mass is 310 g/mol. The van der Waals surface area contributed by atoms with Gasteiger partial charge in [-0.25, -0.2) is 0 Å². The van der Waals surface area contributed by atoms with Crippen LogP contribution in [0.4, 0.5) is 0 Å². The molecule has 2 saturated heterocycles. The molecule has 0 radical (unpaired) electrons. The molecule has 21 heavy (non-hydrogen) atoms. The number of halogens is 1. The summed E-state index contributed by atoms with van der Waals surface area (Å²) in [6.45, 7) is 9.35. The Morgan fingerprint density at radius 3 is 2.29 bits per heavy atom. The third kappa shape index (κ3) is 2.80. The molecule has 0 saturated carbocycles. The van der Waals surface area contributed by atoms with Gasteiger partial charge in [0.25, 0.3) is 0 Å². The molecule has 3 rings (SSSR count). The zero-order valence-electron chi connectivity index (χ0n) is 12.8. The molecule has 0 N–H and O–H groups in total. The van der Waals surface area contributed by atoms with Crippen LogP contribution in [-0.4, -0.2) is 37.6 Å². The summed E-state index contributed by atoms with van der Waals surface area (Å²) in [4.78, 5) is 0. The van der Waals surface area contributed by atoms with Gasteiger partial charge in [0.2, 0.25) is 0 Å². The summed E-state index contributed by atoms with van der Waals surface area (Å²) in [6.07, 6.45) is 0.0797.